The maximum Gasteiger partial charge on any atom is 1.00 e. The second kappa shape index (κ2) is 10.9. The van der Waals surface area contributed by atoms with Crippen LogP contribution < -0.4 is 43.5 Å². The molecule has 5 nitrogen and oxygen atoms in total. The van der Waals surface area contributed by atoms with E-state index in [4.69, 9.17) is 9.05 Å². The van der Waals surface area contributed by atoms with Gasteiger partial charge in [-0.25, -0.2) is 4.57 Å². The number of phosphoric ester groups is 1. The van der Waals surface area contributed by atoms with Gasteiger partial charge in [-0.3, -0.25) is 4.79 Å². The Balaban J connectivity index is 0.00000320. The van der Waals surface area contributed by atoms with Gasteiger partial charge in [0.25, 0.3) is 0 Å². The van der Waals surface area contributed by atoms with Crippen molar-refractivity contribution in [1.82, 2.24) is 0 Å². The van der Waals surface area contributed by atoms with Crippen LogP contribution in [0.25, 0.3) is 0 Å². The van der Waals surface area contributed by atoms with Gasteiger partial charge >= 0.3 is 37.4 Å². The molecule has 0 aliphatic carbocycles. The van der Waals surface area contributed by atoms with Crippen LogP contribution in [0.1, 0.15) is 33.5 Å². The molecule has 0 radical (unpaired) electrons. The summed E-state index contributed by atoms with van der Waals surface area (Å²) in [6.45, 7) is 3.72. The molecule has 0 spiro atoms. The predicted molar refractivity (Wildman–Crippen MR) is 110 cm³/mol. The van der Waals surface area contributed by atoms with Crippen LogP contribution in [0.4, 0.5) is 0 Å². The number of carbonyl (C=O) groups is 1. The first-order valence-corrected chi connectivity index (χ1v) is 10.7. The van der Waals surface area contributed by atoms with E-state index in [2.05, 4.69) is 0 Å². The van der Waals surface area contributed by atoms with Crippen LogP contribution in [0.5, 0.6) is 11.5 Å². The molecule has 0 aliphatic heterocycles. The molecule has 0 amide bonds. The van der Waals surface area contributed by atoms with E-state index in [0.29, 0.717) is 18.4 Å². The smallest absolute Gasteiger partial charge is 0.736 e. The van der Waals surface area contributed by atoms with E-state index in [-0.39, 0.29) is 46.8 Å². The van der Waals surface area contributed by atoms with Gasteiger partial charge in [-0.2, -0.15) is 0 Å². The van der Waals surface area contributed by atoms with Crippen molar-refractivity contribution in [3.63, 3.8) is 0 Å². The van der Waals surface area contributed by atoms with Crippen molar-refractivity contribution in [2.24, 2.45) is 0 Å². The summed E-state index contributed by atoms with van der Waals surface area (Å²) >= 11 is 0. The summed E-state index contributed by atoms with van der Waals surface area (Å²) in [5.74, 6) is 0.396. The van der Waals surface area contributed by atoms with Crippen LogP contribution in [0.15, 0.2) is 72.8 Å². The molecule has 0 saturated heterocycles. The molecule has 0 N–H and O–H groups in total. The number of phosphoric acid groups is 1. The van der Waals surface area contributed by atoms with Crippen LogP contribution in [-0.4, -0.2) is 5.78 Å². The summed E-state index contributed by atoms with van der Waals surface area (Å²) in [6.07, 6.45) is 0.799. The fourth-order valence-electron chi connectivity index (χ4n) is 3.05. The van der Waals surface area contributed by atoms with Gasteiger partial charge in [0.2, 0.25) is 0 Å². The van der Waals surface area contributed by atoms with Crippen LogP contribution in [0.3, 0.4) is 0 Å². The Bertz CT molecular complexity index is 1030. The molecule has 0 bridgehead atoms. The van der Waals surface area contributed by atoms with Gasteiger partial charge in [-0.05, 0) is 61.2 Å². The van der Waals surface area contributed by atoms with Gasteiger partial charge in [-0.1, -0.05) is 48.5 Å². The number of benzene rings is 3. The van der Waals surface area contributed by atoms with E-state index in [1.807, 2.05) is 44.2 Å². The number of aryl methyl sites for hydroxylation is 3. The zero-order chi connectivity index (χ0) is 20.9. The molecule has 1 unspecified atom stereocenters. The third-order valence-electron chi connectivity index (χ3n) is 4.26. The molecule has 0 aliphatic rings. The summed E-state index contributed by atoms with van der Waals surface area (Å²) in [7, 11) is -4.60. The molecule has 150 valence electrons. The van der Waals surface area contributed by atoms with Crippen molar-refractivity contribution in [2.45, 2.75) is 26.7 Å². The molecule has 0 aromatic heterocycles. The standard InChI is InChI=1S/C23H23O5P.Na/c1-17-13-18(2)15-22(14-17)28-29(25,26)27-21-10-6-7-19(16-21)11-12-23(24)20-8-4-3-5-9-20;/h3-10,13-16H,11-12H2,1-2H3,(H,25,26);/q;+1/p-1. The maximum atomic E-state index is 12.3. The van der Waals surface area contributed by atoms with Crippen molar-refractivity contribution in [1.29, 1.82) is 0 Å². The first kappa shape index (κ1) is 24.4. The molecular weight excluding hydrogens is 410 g/mol. The zero-order valence-electron chi connectivity index (χ0n) is 17.3. The number of ketones is 1. The number of hydrogen-bond acceptors (Lipinski definition) is 5. The quantitative estimate of drug-likeness (QED) is 0.309. The van der Waals surface area contributed by atoms with Crippen LogP contribution in [0, 0.1) is 13.8 Å². The summed E-state index contributed by atoms with van der Waals surface area (Å²) in [4.78, 5) is 24.5. The number of Topliss-reactive ketones (excluding diaryl/α,β-unsaturated/α-hetero) is 1. The summed E-state index contributed by atoms with van der Waals surface area (Å²) in [5, 5.41) is 0. The second-order valence-electron chi connectivity index (χ2n) is 6.89. The number of rotatable bonds is 8. The minimum Gasteiger partial charge on any atom is -0.736 e. The molecule has 30 heavy (non-hydrogen) atoms. The van der Waals surface area contributed by atoms with Gasteiger partial charge in [0, 0.05) is 12.0 Å². The molecule has 3 aromatic carbocycles. The monoisotopic (exact) mass is 432 g/mol. The molecular formula is C23H22NaO5P. The van der Waals surface area contributed by atoms with Crippen LogP contribution >= 0.6 is 7.82 Å². The van der Waals surface area contributed by atoms with Crippen molar-refractivity contribution < 1.29 is 52.9 Å². The van der Waals surface area contributed by atoms with Gasteiger partial charge in [0.15, 0.2) is 5.78 Å². The van der Waals surface area contributed by atoms with Gasteiger partial charge < -0.3 is 13.9 Å². The fraction of sp³-hybridized carbons (Fsp3) is 0.174. The van der Waals surface area contributed by atoms with Crippen molar-refractivity contribution >= 4 is 13.6 Å². The van der Waals surface area contributed by atoms with Gasteiger partial charge in [0.05, 0.1) is 0 Å². The van der Waals surface area contributed by atoms with E-state index >= 15 is 0 Å². The minimum absolute atomic E-state index is 0. The summed E-state index contributed by atoms with van der Waals surface area (Å²) < 4.78 is 22.5. The Hall–Kier alpha value is -1.88. The number of hydrogen-bond donors (Lipinski definition) is 0. The second-order valence-corrected chi connectivity index (χ2v) is 8.15. The SMILES string of the molecule is Cc1cc(C)cc(OP(=O)([O-])Oc2cccc(CCC(=O)c3ccccc3)c2)c1.[Na+]. The van der Waals surface area contributed by atoms with Crippen LogP contribution in [0.2, 0.25) is 0 Å². The van der Waals surface area contributed by atoms with E-state index in [1.54, 1.807) is 36.4 Å². The third kappa shape index (κ3) is 7.42. The minimum atomic E-state index is -4.60. The molecule has 3 rings (SSSR count). The number of carbonyl (C=O) groups excluding carboxylic acids is 1. The van der Waals surface area contributed by atoms with E-state index < -0.39 is 7.82 Å². The van der Waals surface area contributed by atoms with Crippen LogP contribution in [-0.2, 0) is 11.0 Å². The Morgan fingerprint density at radius 1 is 0.867 bits per heavy atom. The Morgan fingerprint density at radius 3 is 2.17 bits per heavy atom. The van der Waals surface area contributed by atoms with Crippen molar-refractivity contribution in [3.8, 4) is 11.5 Å². The van der Waals surface area contributed by atoms with Gasteiger partial charge in [0.1, 0.15) is 11.5 Å². The first-order valence-electron chi connectivity index (χ1n) is 9.26. The van der Waals surface area contributed by atoms with Crippen molar-refractivity contribution in [2.75, 3.05) is 0 Å². The van der Waals surface area contributed by atoms with E-state index in [0.717, 1.165) is 16.7 Å². The molecule has 0 saturated carbocycles. The molecule has 1 atom stereocenters. The molecule has 0 fully saturated rings. The van der Waals surface area contributed by atoms with E-state index in [1.165, 1.54) is 6.07 Å². The molecule has 0 heterocycles. The fourth-order valence-corrected chi connectivity index (χ4v) is 3.82. The first-order chi connectivity index (χ1) is 13.8. The summed E-state index contributed by atoms with van der Waals surface area (Å²) in [5.41, 5.74) is 3.25. The average Bonchev–Trinajstić information content (AvgIpc) is 2.65. The largest absolute Gasteiger partial charge is 1.00 e. The van der Waals surface area contributed by atoms with Gasteiger partial charge in [-0.15, -0.1) is 0 Å². The maximum absolute atomic E-state index is 12.3. The molecule has 3 aromatic rings. The topological polar surface area (TPSA) is 75.7 Å². The Morgan fingerprint density at radius 2 is 1.50 bits per heavy atom. The zero-order valence-corrected chi connectivity index (χ0v) is 20.2. The molecule has 7 heteroatoms. The Kier molecular flexibility index (Phi) is 8.90. The summed E-state index contributed by atoms with van der Waals surface area (Å²) in [6, 6.07) is 20.9. The van der Waals surface area contributed by atoms with E-state index in [9.17, 15) is 14.3 Å². The third-order valence-corrected chi connectivity index (χ3v) is 5.13. The normalized spacial score (nSPS) is 12.4. The van der Waals surface area contributed by atoms with Crippen molar-refractivity contribution in [3.05, 3.63) is 95.1 Å². The predicted octanol–water partition coefficient (Wildman–Crippen LogP) is 2.05. The Labute approximate surface area is 199 Å². The average molecular weight is 432 g/mol.